The molecule has 2 aromatic carbocycles. The topological polar surface area (TPSA) is 90.5 Å². The number of likely N-dealkylation sites (N-methyl/N-ethyl adjacent to an activating group) is 1. The fourth-order valence-electron chi connectivity index (χ4n) is 3.40. The number of anilines is 1. The minimum absolute atomic E-state index is 0.109. The Labute approximate surface area is 163 Å². The van der Waals surface area contributed by atoms with E-state index in [-0.39, 0.29) is 18.7 Å². The van der Waals surface area contributed by atoms with Gasteiger partial charge in [0.05, 0.1) is 23.6 Å². The zero-order valence-electron chi connectivity index (χ0n) is 15.3. The van der Waals surface area contributed by atoms with Gasteiger partial charge in [-0.15, -0.1) is 0 Å². The SMILES string of the molecule is CNC(Cc1cc(F)cc(F)c1)C(O)CNC1CS(=O)(=O)Nc2ccccc21. The third-order valence-electron chi connectivity index (χ3n) is 4.77. The zero-order chi connectivity index (χ0) is 20.3. The summed E-state index contributed by atoms with van der Waals surface area (Å²) in [6.45, 7) is 0.109. The van der Waals surface area contributed by atoms with Crippen molar-refractivity contribution in [3.8, 4) is 0 Å². The van der Waals surface area contributed by atoms with Gasteiger partial charge < -0.3 is 15.7 Å². The van der Waals surface area contributed by atoms with E-state index in [1.807, 2.05) is 12.1 Å². The third kappa shape index (κ3) is 5.05. The van der Waals surface area contributed by atoms with E-state index >= 15 is 0 Å². The Bertz CT molecular complexity index is 920. The van der Waals surface area contributed by atoms with Crippen LogP contribution in [0.3, 0.4) is 0 Å². The summed E-state index contributed by atoms with van der Waals surface area (Å²) >= 11 is 0. The first-order chi connectivity index (χ1) is 13.3. The smallest absolute Gasteiger partial charge is 0.234 e. The molecule has 3 atom stereocenters. The average molecular weight is 411 g/mol. The van der Waals surface area contributed by atoms with E-state index < -0.39 is 39.8 Å². The van der Waals surface area contributed by atoms with Crippen molar-refractivity contribution in [2.75, 3.05) is 24.1 Å². The second-order valence-electron chi connectivity index (χ2n) is 6.88. The quantitative estimate of drug-likeness (QED) is 0.555. The Morgan fingerprint density at radius 1 is 1.21 bits per heavy atom. The molecule has 4 N–H and O–H groups in total. The van der Waals surface area contributed by atoms with Crippen LogP contribution in [0.15, 0.2) is 42.5 Å². The summed E-state index contributed by atoms with van der Waals surface area (Å²) in [4.78, 5) is 0. The number of fused-ring (bicyclic) bond motifs is 1. The van der Waals surface area contributed by atoms with Crippen molar-refractivity contribution >= 4 is 15.7 Å². The Hall–Kier alpha value is -2.07. The van der Waals surface area contributed by atoms with Crippen LogP contribution in [-0.4, -0.2) is 45.0 Å². The summed E-state index contributed by atoms with van der Waals surface area (Å²) < 4.78 is 53.4. The lowest BCUT2D eigenvalue weighted by Crippen LogP contribution is -2.47. The number of halogens is 2. The summed E-state index contributed by atoms with van der Waals surface area (Å²) in [5.41, 5.74) is 1.74. The van der Waals surface area contributed by atoms with Crippen molar-refractivity contribution in [1.82, 2.24) is 10.6 Å². The van der Waals surface area contributed by atoms with E-state index in [4.69, 9.17) is 0 Å². The minimum Gasteiger partial charge on any atom is -0.390 e. The van der Waals surface area contributed by atoms with E-state index in [1.54, 1.807) is 19.2 Å². The van der Waals surface area contributed by atoms with Crippen LogP contribution in [0.4, 0.5) is 14.5 Å². The highest BCUT2D eigenvalue weighted by Crippen LogP contribution is 2.29. The number of sulfonamides is 1. The molecule has 9 heteroatoms. The first-order valence-corrected chi connectivity index (χ1v) is 10.6. The van der Waals surface area contributed by atoms with Gasteiger partial charge in [0, 0.05) is 18.7 Å². The Kier molecular flexibility index (Phi) is 6.29. The maximum atomic E-state index is 13.4. The molecule has 0 saturated carbocycles. The molecular weight excluding hydrogens is 388 g/mol. The number of hydrogen-bond acceptors (Lipinski definition) is 5. The number of aliphatic hydroxyl groups is 1. The van der Waals surface area contributed by atoms with Crippen LogP contribution in [-0.2, 0) is 16.4 Å². The van der Waals surface area contributed by atoms with Crippen molar-refractivity contribution < 1.29 is 22.3 Å². The van der Waals surface area contributed by atoms with Gasteiger partial charge in [0.1, 0.15) is 11.6 Å². The maximum absolute atomic E-state index is 13.4. The summed E-state index contributed by atoms with van der Waals surface area (Å²) in [5.74, 6) is -1.49. The predicted octanol–water partition coefficient (Wildman–Crippen LogP) is 1.54. The Morgan fingerprint density at radius 2 is 1.89 bits per heavy atom. The highest BCUT2D eigenvalue weighted by atomic mass is 32.2. The first kappa shape index (κ1) is 20.7. The zero-order valence-corrected chi connectivity index (χ0v) is 16.1. The molecule has 152 valence electrons. The molecule has 0 amide bonds. The lowest BCUT2D eigenvalue weighted by atomic mass is 10.00. The molecule has 1 aliphatic rings. The van der Waals surface area contributed by atoms with Crippen LogP contribution in [0.1, 0.15) is 17.2 Å². The normalized spacial score (nSPS) is 20.1. The Morgan fingerprint density at radius 3 is 2.57 bits per heavy atom. The fourth-order valence-corrected chi connectivity index (χ4v) is 4.74. The number of para-hydroxylation sites is 1. The van der Waals surface area contributed by atoms with Gasteiger partial charge in [-0.1, -0.05) is 18.2 Å². The van der Waals surface area contributed by atoms with Gasteiger partial charge in [0.25, 0.3) is 0 Å². The number of hydrogen-bond donors (Lipinski definition) is 4. The van der Waals surface area contributed by atoms with Crippen molar-refractivity contribution in [3.05, 3.63) is 65.2 Å². The summed E-state index contributed by atoms with van der Waals surface area (Å²) in [6, 6.07) is 9.38. The van der Waals surface area contributed by atoms with Gasteiger partial charge in [0.2, 0.25) is 10.0 Å². The van der Waals surface area contributed by atoms with Gasteiger partial charge in [-0.25, -0.2) is 17.2 Å². The molecule has 0 radical (unpaired) electrons. The molecule has 2 aromatic rings. The molecule has 0 fully saturated rings. The molecule has 0 bridgehead atoms. The van der Waals surface area contributed by atoms with Crippen LogP contribution < -0.4 is 15.4 Å². The van der Waals surface area contributed by atoms with Gasteiger partial charge in [-0.05, 0) is 42.8 Å². The van der Waals surface area contributed by atoms with Crippen molar-refractivity contribution in [1.29, 1.82) is 0 Å². The van der Waals surface area contributed by atoms with E-state index in [1.165, 1.54) is 12.1 Å². The maximum Gasteiger partial charge on any atom is 0.234 e. The molecule has 0 aliphatic carbocycles. The average Bonchev–Trinajstić information content (AvgIpc) is 2.62. The van der Waals surface area contributed by atoms with Crippen molar-refractivity contribution in [2.45, 2.75) is 24.6 Å². The van der Waals surface area contributed by atoms with Crippen molar-refractivity contribution in [2.24, 2.45) is 0 Å². The van der Waals surface area contributed by atoms with Crippen LogP contribution >= 0.6 is 0 Å². The molecule has 1 aliphatic heterocycles. The molecule has 6 nitrogen and oxygen atoms in total. The second kappa shape index (κ2) is 8.52. The molecule has 3 unspecified atom stereocenters. The highest BCUT2D eigenvalue weighted by molar-refractivity contribution is 7.92. The summed E-state index contributed by atoms with van der Waals surface area (Å²) in [5, 5.41) is 16.6. The van der Waals surface area contributed by atoms with E-state index in [2.05, 4.69) is 15.4 Å². The third-order valence-corrected chi connectivity index (χ3v) is 6.08. The summed E-state index contributed by atoms with van der Waals surface area (Å²) in [7, 11) is -1.82. The van der Waals surface area contributed by atoms with Gasteiger partial charge in [-0.3, -0.25) is 4.72 Å². The number of benzene rings is 2. The monoisotopic (exact) mass is 411 g/mol. The van der Waals surface area contributed by atoms with Crippen LogP contribution in [0.5, 0.6) is 0 Å². The molecule has 0 saturated heterocycles. The number of nitrogens with one attached hydrogen (secondary N) is 3. The fraction of sp³-hybridized carbons (Fsp3) is 0.368. The molecule has 3 rings (SSSR count). The van der Waals surface area contributed by atoms with E-state index in [9.17, 15) is 22.3 Å². The standard InChI is InChI=1S/C19H23F2N3O3S/c1-22-17(8-12-6-13(20)9-14(21)7-12)19(25)10-23-18-11-28(26,27)24-16-5-3-2-4-15(16)18/h2-7,9,17-19,22-25H,8,10-11H2,1H3. The van der Waals surface area contributed by atoms with E-state index in [0.29, 0.717) is 11.3 Å². The molecule has 1 heterocycles. The van der Waals surface area contributed by atoms with Crippen LogP contribution in [0.25, 0.3) is 0 Å². The van der Waals surface area contributed by atoms with Crippen LogP contribution in [0.2, 0.25) is 0 Å². The second-order valence-corrected chi connectivity index (χ2v) is 8.64. The van der Waals surface area contributed by atoms with Gasteiger partial charge in [-0.2, -0.15) is 0 Å². The lowest BCUT2D eigenvalue weighted by molar-refractivity contribution is 0.125. The molecular formula is C19H23F2N3O3S. The Balaban J connectivity index is 1.67. The molecule has 28 heavy (non-hydrogen) atoms. The predicted molar refractivity (Wildman–Crippen MR) is 104 cm³/mol. The number of aliphatic hydroxyl groups excluding tert-OH is 1. The first-order valence-electron chi connectivity index (χ1n) is 8.90. The largest absolute Gasteiger partial charge is 0.390 e. The lowest BCUT2D eigenvalue weighted by Gasteiger charge is -2.30. The minimum atomic E-state index is -3.47. The van der Waals surface area contributed by atoms with Crippen molar-refractivity contribution in [3.63, 3.8) is 0 Å². The van der Waals surface area contributed by atoms with Gasteiger partial charge in [0.15, 0.2) is 0 Å². The van der Waals surface area contributed by atoms with Gasteiger partial charge >= 0.3 is 0 Å². The summed E-state index contributed by atoms with van der Waals surface area (Å²) in [6.07, 6.45) is -0.684. The molecule has 0 spiro atoms. The molecule has 0 aromatic heterocycles. The van der Waals surface area contributed by atoms with Crippen LogP contribution in [0, 0.1) is 11.6 Å². The number of rotatable bonds is 7. The van der Waals surface area contributed by atoms with E-state index in [0.717, 1.165) is 11.6 Å². The highest BCUT2D eigenvalue weighted by Gasteiger charge is 2.29.